The van der Waals surface area contributed by atoms with Crippen LogP contribution in [0.3, 0.4) is 0 Å². The SMILES string of the molecule is C=C(C)[C@H]1C=C2C(C)CCC[C@]2(C)CC1. The van der Waals surface area contributed by atoms with E-state index in [4.69, 9.17) is 0 Å². The Morgan fingerprint density at radius 3 is 2.80 bits per heavy atom. The lowest BCUT2D eigenvalue weighted by molar-refractivity contribution is 0.218. The highest BCUT2D eigenvalue weighted by Crippen LogP contribution is 2.51. The van der Waals surface area contributed by atoms with E-state index in [1.165, 1.54) is 37.7 Å². The van der Waals surface area contributed by atoms with Crippen LogP contribution in [0.5, 0.6) is 0 Å². The molecule has 2 aliphatic carbocycles. The molecule has 0 heterocycles. The van der Waals surface area contributed by atoms with Crippen LogP contribution in [-0.4, -0.2) is 0 Å². The first-order valence-electron chi connectivity index (χ1n) is 6.40. The van der Waals surface area contributed by atoms with Crippen molar-refractivity contribution < 1.29 is 0 Å². The van der Waals surface area contributed by atoms with Crippen LogP contribution in [0.15, 0.2) is 23.8 Å². The Bertz CT molecular complexity index is 297. The maximum atomic E-state index is 4.12. The Kier molecular flexibility index (Phi) is 2.79. The molecule has 0 saturated heterocycles. The normalized spacial score (nSPS) is 40.6. The van der Waals surface area contributed by atoms with Crippen LogP contribution in [0.25, 0.3) is 0 Å². The Balaban J connectivity index is 2.29. The van der Waals surface area contributed by atoms with Gasteiger partial charge in [-0.3, -0.25) is 0 Å². The van der Waals surface area contributed by atoms with E-state index < -0.39 is 0 Å². The third kappa shape index (κ3) is 1.91. The lowest BCUT2D eigenvalue weighted by Crippen LogP contribution is -2.32. The molecule has 1 unspecified atom stereocenters. The number of fused-ring (bicyclic) bond motifs is 1. The molecule has 15 heavy (non-hydrogen) atoms. The average Bonchev–Trinajstić information content (AvgIpc) is 2.17. The summed E-state index contributed by atoms with van der Waals surface area (Å²) in [7, 11) is 0. The van der Waals surface area contributed by atoms with Gasteiger partial charge in [0.15, 0.2) is 0 Å². The van der Waals surface area contributed by atoms with Gasteiger partial charge in [0, 0.05) is 0 Å². The van der Waals surface area contributed by atoms with Gasteiger partial charge in [0.1, 0.15) is 0 Å². The largest absolute Gasteiger partial charge is 0.0995 e. The van der Waals surface area contributed by atoms with Crippen LogP contribution in [-0.2, 0) is 0 Å². The zero-order valence-electron chi connectivity index (χ0n) is 10.5. The molecule has 0 amide bonds. The van der Waals surface area contributed by atoms with Crippen molar-refractivity contribution in [2.24, 2.45) is 17.3 Å². The smallest absolute Gasteiger partial charge is 0.00254 e. The average molecular weight is 204 g/mol. The molecule has 3 atom stereocenters. The number of hydrogen-bond donors (Lipinski definition) is 0. The molecule has 0 aromatic carbocycles. The fraction of sp³-hybridized carbons (Fsp3) is 0.733. The van der Waals surface area contributed by atoms with Crippen LogP contribution in [0.4, 0.5) is 0 Å². The fourth-order valence-electron chi connectivity index (χ4n) is 3.49. The summed E-state index contributed by atoms with van der Waals surface area (Å²) in [6, 6.07) is 0. The molecule has 0 nitrogen and oxygen atoms in total. The maximum absolute atomic E-state index is 4.12. The van der Waals surface area contributed by atoms with Gasteiger partial charge in [-0.15, -0.1) is 0 Å². The Hall–Kier alpha value is -0.520. The molecule has 0 aromatic heterocycles. The molecule has 0 N–H and O–H groups in total. The second-order valence-electron chi connectivity index (χ2n) is 5.97. The van der Waals surface area contributed by atoms with Gasteiger partial charge in [-0.2, -0.15) is 0 Å². The van der Waals surface area contributed by atoms with Crippen LogP contribution < -0.4 is 0 Å². The summed E-state index contributed by atoms with van der Waals surface area (Å²) < 4.78 is 0. The Morgan fingerprint density at radius 1 is 1.40 bits per heavy atom. The first kappa shape index (κ1) is 11.0. The van der Waals surface area contributed by atoms with Crippen molar-refractivity contribution in [2.45, 2.75) is 52.9 Å². The van der Waals surface area contributed by atoms with Gasteiger partial charge in [-0.05, 0) is 49.9 Å². The van der Waals surface area contributed by atoms with Crippen molar-refractivity contribution in [3.8, 4) is 0 Å². The van der Waals surface area contributed by atoms with E-state index in [0.717, 1.165) is 5.92 Å². The highest BCUT2D eigenvalue weighted by molar-refractivity contribution is 5.26. The molecule has 84 valence electrons. The minimum absolute atomic E-state index is 0.531. The first-order valence-corrected chi connectivity index (χ1v) is 6.40. The molecule has 0 bridgehead atoms. The molecule has 0 heteroatoms. The zero-order chi connectivity index (χ0) is 11.1. The van der Waals surface area contributed by atoms with Crippen molar-refractivity contribution in [3.05, 3.63) is 23.8 Å². The van der Waals surface area contributed by atoms with Gasteiger partial charge in [-0.1, -0.05) is 44.1 Å². The quantitative estimate of drug-likeness (QED) is 0.542. The number of hydrogen-bond acceptors (Lipinski definition) is 0. The topological polar surface area (TPSA) is 0 Å². The molecule has 2 rings (SSSR count). The van der Waals surface area contributed by atoms with Gasteiger partial charge < -0.3 is 0 Å². The highest BCUT2D eigenvalue weighted by atomic mass is 14.4. The molecule has 0 aliphatic heterocycles. The highest BCUT2D eigenvalue weighted by Gasteiger charge is 2.38. The predicted molar refractivity (Wildman–Crippen MR) is 66.7 cm³/mol. The van der Waals surface area contributed by atoms with Gasteiger partial charge in [0.25, 0.3) is 0 Å². The molecule has 0 spiro atoms. The summed E-state index contributed by atoms with van der Waals surface area (Å²) in [5.41, 5.74) is 3.62. The lowest BCUT2D eigenvalue weighted by atomic mass is 9.60. The van der Waals surface area contributed by atoms with E-state index in [1.807, 2.05) is 0 Å². The second kappa shape index (κ2) is 3.81. The molecular formula is C15H24. The summed E-state index contributed by atoms with van der Waals surface area (Å²) in [5, 5.41) is 0. The summed E-state index contributed by atoms with van der Waals surface area (Å²) in [6.07, 6.45) is 9.47. The Labute approximate surface area is 94.5 Å². The molecular weight excluding hydrogens is 180 g/mol. The minimum atomic E-state index is 0.531. The fourth-order valence-corrected chi connectivity index (χ4v) is 3.49. The summed E-state index contributed by atoms with van der Waals surface area (Å²) in [5.74, 6) is 1.47. The molecule has 0 aromatic rings. The molecule has 0 radical (unpaired) electrons. The second-order valence-corrected chi connectivity index (χ2v) is 5.97. The molecule has 2 aliphatic rings. The first-order chi connectivity index (χ1) is 7.03. The van der Waals surface area contributed by atoms with Crippen LogP contribution in [0.2, 0.25) is 0 Å². The van der Waals surface area contributed by atoms with E-state index in [0.29, 0.717) is 11.3 Å². The van der Waals surface area contributed by atoms with Crippen molar-refractivity contribution in [1.29, 1.82) is 0 Å². The van der Waals surface area contributed by atoms with E-state index in [1.54, 1.807) is 5.57 Å². The van der Waals surface area contributed by atoms with Crippen LogP contribution in [0.1, 0.15) is 52.9 Å². The standard InChI is InChI=1S/C15H24/c1-11(2)13-7-9-15(4)8-5-6-12(3)14(15)10-13/h10,12-13H,1,5-9H2,2-4H3/t12?,13-,15-/m1/s1. The van der Waals surface area contributed by atoms with Gasteiger partial charge in [-0.25, -0.2) is 0 Å². The van der Waals surface area contributed by atoms with Crippen molar-refractivity contribution in [3.63, 3.8) is 0 Å². The molecule has 1 saturated carbocycles. The minimum Gasteiger partial charge on any atom is -0.0995 e. The van der Waals surface area contributed by atoms with Gasteiger partial charge >= 0.3 is 0 Å². The monoisotopic (exact) mass is 204 g/mol. The van der Waals surface area contributed by atoms with Crippen molar-refractivity contribution >= 4 is 0 Å². The zero-order valence-corrected chi connectivity index (χ0v) is 10.5. The third-order valence-electron chi connectivity index (χ3n) is 4.61. The van der Waals surface area contributed by atoms with Crippen molar-refractivity contribution in [2.75, 3.05) is 0 Å². The molecule has 1 fully saturated rings. The van der Waals surface area contributed by atoms with E-state index in [-0.39, 0.29) is 0 Å². The summed E-state index contributed by atoms with van der Waals surface area (Å²) >= 11 is 0. The van der Waals surface area contributed by atoms with E-state index in [9.17, 15) is 0 Å². The summed E-state index contributed by atoms with van der Waals surface area (Å²) in [4.78, 5) is 0. The van der Waals surface area contributed by atoms with Gasteiger partial charge in [0.05, 0.1) is 0 Å². The Morgan fingerprint density at radius 2 is 2.13 bits per heavy atom. The van der Waals surface area contributed by atoms with E-state index >= 15 is 0 Å². The third-order valence-corrected chi connectivity index (χ3v) is 4.61. The van der Waals surface area contributed by atoms with Gasteiger partial charge in [0.2, 0.25) is 0 Å². The van der Waals surface area contributed by atoms with Crippen molar-refractivity contribution in [1.82, 2.24) is 0 Å². The lowest BCUT2D eigenvalue weighted by Gasteiger charge is -2.44. The number of rotatable bonds is 1. The maximum Gasteiger partial charge on any atom is -0.00254 e. The number of allylic oxidation sites excluding steroid dienone is 3. The van der Waals surface area contributed by atoms with Crippen LogP contribution in [0, 0.1) is 17.3 Å². The summed E-state index contributed by atoms with van der Waals surface area (Å²) in [6.45, 7) is 11.2. The van der Waals surface area contributed by atoms with Crippen LogP contribution >= 0.6 is 0 Å². The van der Waals surface area contributed by atoms with E-state index in [2.05, 4.69) is 33.4 Å². The predicted octanol–water partition coefficient (Wildman–Crippen LogP) is 4.73.